The summed E-state index contributed by atoms with van der Waals surface area (Å²) in [7, 11) is 14.5. The van der Waals surface area contributed by atoms with Gasteiger partial charge in [-0.2, -0.15) is 5.26 Å². The average Bonchev–Trinajstić information content (AvgIpc) is 1.68. The summed E-state index contributed by atoms with van der Waals surface area (Å²) in [6.07, 6.45) is 0. The van der Waals surface area contributed by atoms with Gasteiger partial charge in [-0.05, 0) is 0 Å². The van der Waals surface area contributed by atoms with Crippen LogP contribution in [-0.4, -0.2) is 29.0 Å². The fourth-order valence-electron chi connectivity index (χ4n) is 0.0323. The van der Waals surface area contributed by atoms with Gasteiger partial charge in [0, 0.05) is 5.34 Å². The van der Waals surface area contributed by atoms with Crippen LogP contribution in [0.3, 0.4) is 0 Å². The maximum Gasteiger partial charge on any atom is 0.177 e. The Kier molecular flexibility index (Phi) is 1.98. The molecular formula is C2HB3N2. The second-order valence-electron chi connectivity index (χ2n) is 1.13. The zero-order valence-corrected chi connectivity index (χ0v) is 3.68. The first kappa shape index (κ1) is 6.64. The summed E-state index contributed by atoms with van der Waals surface area (Å²) in [5.41, 5.74) is 0. The predicted molar refractivity (Wildman–Crippen MR) is 28.7 cm³/mol. The smallest absolute Gasteiger partial charge is 0.177 e. The van der Waals surface area contributed by atoms with Gasteiger partial charge in [-0.3, -0.25) is 0 Å². The van der Waals surface area contributed by atoms with Crippen molar-refractivity contribution in [3.05, 3.63) is 0 Å². The van der Waals surface area contributed by atoms with E-state index in [0.717, 1.165) is 0 Å². The molecule has 0 bridgehead atoms. The molecule has 5 heteroatoms. The van der Waals surface area contributed by atoms with Gasteiger partial charge in [0.2, 0.25) is 0 Å². The molecule has 0 amide bonds. The molecule has 0 saturated carbocycles. The molecule has 1 N–H and O–H groups in total. The van der Waals surface area contributed by atoms with Crippen LogP contribution in [-0.2, 0) is 0 Å². The third-order valence-corrected chi connectivity index (χ3v) is 0.424. The quantitative estimate of drug-likeness (QED) is 0.381. The lowest BCUT2D eigenvalue weighted by Gasteiger charge is -2.13. The van der Waals surface area contributed by atoms with E-state index in [0.29, 0.717) is 0 Å². The molecule has 7 heavy (non-hydrogen) atoms. The second kappa shape index (κ2) is 2.08. The summed E-state index contributed by atoms with van der Waals surface area (Å²) in [6.45, 7) is 0. The number of nitrogens with zero attached hydrogens (tertiary/aromatic N) is 1. The van der Waals surface area contributed by atoms with E-state index in [-0.39, 0.29) is 0 Å². The van der Waals surface area contributed by atoms with Crippen molar-refractivity contribution in [3.63, 3.8) is 0 Å². The van der Waals surface area contributed by atoms with E-state index in [1.165, 1.54) is 6.07 Å². The summed E-state index contributed by atoms with van der Waals surface area (Å²) >= 11 is 0. The molecule has 0 heterocycles. The normalized spacial score (nSPS) is 10.1. The molecule has 0 rings (SSSR count). The van der Waals surface area contributed by atoms with E-state index in [9.17, 15) is 0 Å². The highest BCUT2D eigenvalue weighted by Crippen LogP contribution is 1.81. The number of nitriles is 1. The Labute approximate surface area is 46.5 Å². The van der Waals surface area contributed by atoms with Crippen LogP contribution in [0.15, 0.2) is 0 Å². The van der Waals surface area contributed by atoms with E-state index in [4.69, 9.17) is 28.9 Å². The topological polar surface area (TPSA) is 35.8 Å². The van der Waals surface area contributed by atoms with Gasteiger partial charge in [0.25, 0.3) is 0 Å². The van der Waals surface area contributed by atoms with Crippen molar-refractivity contribution in [2.24, 2.45) is 0 Å². The van der Waals surface area contributed by atoms with E-state index >= 15 is 0 Å². The van der Waals surface area contributed by atoms with Crippen molar-refractivity contribution in [1.82, 2.24) is 5.23 Å². The average molecular weight is 85.5 g/mol. The lowest BCUT2D eigenvalue weighted by Crippen LogP contribution is -2.43. The first-order valence-corrected chi connectivity index (χ1v) is 1.59. The number of rotatable bonds is 1. The Morgan fingerprint density at radius 2 is 2.00 bits per heavy atom. The molecule has 0 saturated heterocycles. The fraction of sp³-hybridized carbons (Fsp3) is 0.500. The Morgan fingerprint density at radius 3 is 2.00 bits per heavy atom. The highest BCUT2D eigenvalue weighted by molar-refractivity contribution is 6.44. The van der Waals surface area contributed by atoms with Gasteiger partial charge in [-0.1, -0.05) is 0 Å². The standard InChI is InChI=1S/C2HB3N2/c3-2(4,1-6)7-5/h7H. The molecule has 0 aromatic rings. The maximum atomic E-state index is 7.95. The van der Waals surface area contributed by atoms with Gasteiger partial charge in [-0.15, -0.1) is 0 Å². The highest BCUT2D eigenvalue weighted by Gasteiger charge is 2.08. The summed E-state index contributed by atoms with van der Waals surface area (Å²) < 4.78 is 0. The number of hydrogen-bond acceptors (Lipinski definition) is 2. The summed E-state index contributed by atoms with van der Waals surface area (Å²) in [4.78, 5) is 0. The predicted octanol–water partition coefficient (Wildman–Crippen LogP) is -1.83. The van der Waals surface area contributed by atoms with Crippen LogP contribution in [0.2, 0.25) is 0 Å². The molecule has 0 aliphatic rings. The van der Waals surface area contributed by atoms with Gasteiger partial charge < -0.3 is 5.23 Å². The zero-order chi connectivity index (χ0) is 5.91. The van der Waals surface area contributed by atoms with Gasteiger partial charge in [-0.25, -0.2) is 0 Å². The van der Waals surface area contributed by atoms with Crippen LogP contribution < -0.4 is 5.23 Å². The molecular weight excluding hydrogens is 84.5 g/mol. The van der Waals surface area contributed by atoms with Crippen molar-refractivity contribution >= 4 is 23.7 Å². The monoisotopic (exact) mass is 86.0 g/mol. The Balaban J connectivity index is 3.66. The molecule has 0 aliphatic carbocycles. The molecule has 0 aliphatic heterocycles. The van der Waals surface area contributed by atoms with E-state index in [1.54, 1.807) is 0 Å². The molecule has 0 aromatic carbocycles. The number of nitrogens with one attached hydrogen (secondary N) is 1. The van der Waals surface area contributed by atoms with Gasteiger partial charge in [0.1, 0.15) is 15.7 Å². The van der Waals surface area contributed by atoms with Crippen molar-refractivity contribution in [2.45, 2.75) is 5.34 Å². The third kappa shape index (κ3) is 2.35. The zero-order valence-electron chi connectivity index (χ0n) is 3.68. The van der Waals surface area contributed by atoms with Gasteiger partial charge in [0.05, 0.1) is 6.07 Å². The van der Waals surface area contributed by atoms with Crippen LogP contribution in [0.4, 0.5) is 0 Å². The fourth-order valence-corrected chi connectivity index (χ4v) is 0.0323. The van der Waals surface area contributed by atoms with Crippen molar-refractivity contribution < 1.29 is 0 Å². The van der Waals surface area contributed by atoms with Crippen molar-refractivity contribution in [2.75, 3.05) is 0 Å². The van der Waals surface area contributed by atoms with E-state index in [1.807, 2.05) is 5.23 Å². The summed E-state index contributed by atoms with van der Waals surface area (Å²) in [5.74, 6) is 0. The molecule has 0 unspecified atom stereocenters. The van der Waals surface area contributed by atoms with E-state index in [2.05, 4.69) is 0 Å². The minimum Gasteiger partial charge on any atom is -0.365 e. The third-order valence-electron chi connectivity index (χ3n) is 0.424. The molecule has 0 spiro atoms. The minimum absolute atomic E-state index is 1.51. The molecule has 28 valence electrons. The second-order valence-corrected chi connectivity index (χ2v) is 1.13. The molecule has 6 radical (unpaired) electrons. The Morgan fingerprint density at radius 1 is 1.57 bits per heavy atom. The first-order valence-electron chi connectivity index (χ1n) is 1.59. The molecule has 0 fully saturated rings. The summed E-state index contributed by atoms with van der Waals surface area (Å²) in [5, 5.41) is 8.25. The molecule has 0 aromatic heterocycles. The van der Waals surface area contributed by atoms with Crippen LogP contribution in [0.1, 0.15) is 0 Å². The maximum absolute atomic E-state index is 7.95. The SMILES string of the molecule is [B]NC([B])([B])C#N. The highest BCUT2D eigenvalue weighted by atomic mass is 14.8. The summed E-state index contributed by atoms with van der Waals surface area (Å²) in [6, 6.07) is 1.51. The molecule has 2 nitrogen and oxygen atoms in total. The van der Waals surface area contributed by atoms with Gasteiger partial charge in [0.15, 0.2) is 7.98 Å². The largest absolute Gasteiger partial charge is 0.365 e. The van der Waals surface area contributed by atoms with Crippen molar-refractivity contribution in [3.8, 4) is 6.07 Å². The molecule has 0 atom stereocenters. The lowest BCUT2D eigenvalue weighted by atomic mass is 9.62. The van der Waals surface area contributed by atoms with Crippen LogP contribution in [0.5, 0.6) is 0 Å². The van der Waals surface area contributed by atoms with Crippen LogP contribution in [0.25, 0.3) is 0 Å². The van der Waals surface area contributed by atoms with Crippen LogP contribution >= 0.6 is 0 Å². The minimum atomic E-state index is -1.58. The lowest BCUT2D eigenvalue weighted by molar-refractivity contribution is 0.943. The number of hydrogen-bond donors (Lipinski definition) is 1. The van der Waals surface area contributed by atoms with E-state index < -0.39 is 5.34 Å². The van der Waals surface area contributed by atoms with Crippen molar-refractivity contribution in [1.29, 1.82) is 5.26 Å². The first-order chi connectivity index (χ1) is 3.12. The van der Waals surface area contributed by atoms with Gasteiger partial charge >= 0.3 is 0 Å². The van der Waals surface area contributed by atoms with Crippen LogP contribution in [0, 0.1) is 11.3 Å². The Hall–Kier alpha value is -0.355. The Bertz CT molecular complexity index is 93.6.